The maximum absolute atomic E-state index is 5.18. The summed E-state index contributed by atoms with van der Waals surface area (Å²) in [5, 5.41) is 10.8. The topological polar surface area (TPSA) is 51.6 Å². The van der Waals surface area contributed by atoms with Crippen molar-refractivity contribution in [3.8, 4) is 56.5 Å². The number of rotatable bonds is 5. The Morgan fingerprint density at radius 2 is 0.847 bits per heavy atom. The first-order valence-corrected chi connectivity index (χ1v) is 20.6. The van der Waals surface area contributed by atoms with E-state index >= 15 is 0 Å². The molecule has 0 saturated heterocycles. The van der Waals surface area contributed by atoms with Crippen LogP contribution < -0.4 is 0 Å². The Kier molecular flexibility index (Phi) is 7.68. The number of aromatic nitrogens is 4. The third kappa shape index (κ3) is 5.74. The van der Waals surface area contributed by atoms with E-state index in [1.54, 1.807) is 0 Å². The standard InChI is InChI=1S/C54H32N4S/c1-2-13-35(14-3-1)50-45-27-26-43-46-32-39(25-28-48(46)59-51(43)49(45)44-19-8-9-20-47(44)55-50)38-17-10-18-40(31-38)52-56-53(41-23-21-33-11-4-6-15-36(33)29-41)58-54(57-52)42-24-22-34-12-5-7-16-37(34)30-42/h1-32H. The molecule has 3 aromatic heterocycles. The molecule has 0 aliphatic carbocycles. The number of thiophene rings is 1. The number of benzene rings is 9. The van der Waals surface area contributed by atoms with Crippen molar-refractivity contribution in [2.24, 2.45) is 0 Å². The van der Waals surface area contributed by atoms with E-state index in [9.17, 15) is 0 Å². The largest absolute Gasteiger partial charge is 0.247 e. The van der Waals surface area contributed by atoms with Crippen molar-refractivity contribution in [3.05, 3.63) is 194 Å². The zero-order chi connectivity index (χ0) is 38.9. The SMILES string of the molecule is c1ccc(-c2nc3ccccc3c3c2ccc2c4cc(-c5cccc(-c6nc(-c7ccc8ccccc8c7)nc(-c7ccc8ccccc8c7)n6)c5)ccc4sc23)cc1. The van der Waals surface area contributed by atoms with Gasteiger partial charge in [-0.1, -0.05) is 158 Å². The molecule has 12 rings (SSSR count). The lowest BCUT2D eigenvalue weighted by atomic mass is 9.97. The van der Waals surface area contributed by atoms with Crippen LogP contribution in [-0.2, 0) is 0 Å². The fraction of sp³-hybridized carbons (Fsp3) is 0. The highest BCUT2D eigenvalue weighted by molar-refractivity contribution is 7.26. The third-order valence-corrected chi connectivity index (χ3v) is 12.7. The second kappa shape index (κ2) is 13.5. The molecule has 59 heavy (non-hydrogen) atoms. The minimum atomic E-state index is 0.636. The number of para-hydroxylation sites is 1. The van der Waals surface area contributed by atoms with E-state index in [4.69, 9.17) is 19.9 Å². The van der Waals surface area contributed by atoms with Crippen LogP contribution in [0.2, 0.25) is 0 Å². The number of nitrogens with zero attached hydrogens (tertiary/aromatic N) is 4. The molecule has 4 nitrogen and oxygen atoms in total. The van der Waals surface area contributed by atoms with Crippen molar-refractivity contribution >= 4 is 74.7 Å². The average molecular weight is 769 g/mol. The Bertz CT molecular complexity index is 3530. The van der Waals surface area contributed by atoms with Gasteiger partial charge in [-0.15, -0.1) is 11.3 Å². The molecule has 0 saturated carbocycles. The number of pyridine rings is 1. The van der Waals surface area contributed by atoms with Gasteiger partial charge in [-0.25, -0.2) is 19.9 Å². The number of fused-ring (bicyclic) bond motifs is 9. The third-order valence-electron chi connectivity index (χ3n) is 11.5. The maximum atomic E-state index is 5.18. The molecule has 0 atom stereocenters. The Balaban J connectivity index is 1.00. The van der Waals surface area contributed by atoms with E-state index in [-0.39, 0.29) is 0 Å². The van der Waals surface area contributed by atoms with Crippen molar-refractivity contribution in [1.82, 2.24) is 19.9 Å². The monoisotopic (exact) mass is 768 g/mol. The van der Waals surface area contributed by atoms with Gasteiger partial charge < -0.3 is 0 Å². The zero-order valence-corrected chi connectivity index (χ0v) is 32.5. The van der Waals surface area contributed by atoms with E-state index in [1.165, 1.54) is 47.1 Å². The lowest BCUT2D eigenvalue weighted by Gasteiger charge is -2.11. The summed E-state index contributed by atoms with van der Waals surface area (Å²) >= 11 is 1.86. The number of hydrogen-bond acceptors (Lipinski definition) is 5. The highest BCUT2D eigenvalue weighted by atomic mass is 32.1. The summed E-state index contributed by atoms with van der Waals surface area (Å²) in [4.78, 5) is 20.6. The fourth-order valence-corrected chi connectivity index (χ4v) is 9.77. The molecule has 0 bridgehead atoms. The van der Waals surface area contributed by atoms with Crippen molar-refractivity contribution < 1.29 is 0 Å². The Morgan fingerprint density at radius 1 is 0.305 bits per heavy atom. The van der Waals surface area contributed by atoms with Gasteiger partial charge in [0.25, 0.3) is 0 Å². The van der Waals surface area contributed by atoms with Crippen molar-refractivity contribution in [2.75, 3.05) is 0 Å². The van der Waals surface area contributed by atoms with Gasteiger partial charge >= 0.3 is 0 Å². The van der Waals surface area contributed by atoms with E-state index in [1.807, 2.05) is 11.3 Å². The van der Waals surface area contributed by atoms with Crippen LogP contribution in [0.15, 0.2) is 194 Å². The summed E-state index contributed by atoms with van der Waals surface area (Å²) in [7, 11) is 0. The van der Waals surface area contributed by atoms with Crippen LogP contribution in [-0.4, -0.2) is 19.9 Å². The molecule has 274 valence electrons. The van der Waals surface area contributed by atoms with Crippen molar-refractivity contribution in [1.29, 1.82) is 0 Å². The molecule has 0 unspecified atom stereocenters. The molecule has 0 amide bonds. The molecular weight excluding hydrogens is 737 g/mol. The van der Waals surface area contributed by atoms with Gasteiger partial charge in [-0.3, -0.25) is 0 Å². The van der Waals surface area contributed by atoms with Crippen LogP contribution in [0.25, 0.3) is 120 Å². The minimum absolute atomic E-state index is 0.636. The van der Waals surface area contributed by atoms with Crippen LogP contribution in [0.4, 0.5) is 0 Å². The summed E-state index contributed by atoms with van der Waals surface area (Å²) in [5.74, 6) is 1.92. The summed E-state index contributed by atoms with van der Waals surface area (Å²) < 4.78 is 2.54. The maximum Gasteiger partial charge on any atom is 0.164 e. The van der Waals surface area contributed by atoms with Gasteiger partial charge in [0.2, 0.25) is 0 Å². The van der Waals surface area contributed by atoms with E-state index in [2.05, 4.69) is 194 Å². The van der Waals surface area contributed by atoms with Crippen LogP contribution in [0.3, 0.4) is 0 Å². The zero-order valence-electron chi connectivity index (χ0n) is 31.7. The first kappa shape index (κ1) is 33.5. The summed E-state index contributed by atoms with van der Waals surface area (Å²) in [6.07, 6.45) is 0. The highest BCUT2D eigenvalue weighted by Crippen LogP contribution is 2.44. The fourth-order valence-electron chi connectivity index (χ4n) is 8.52. The predicted molar refractivity (Wildman–Crippen MR) is 248 cm³/mol. The molecule has 0 aliphatic rings. The lowest BCUT2D eigenvalue weighted by molar-refractivity contribution is 1.08. The summed E-state index contributed by atoms with van der Waals surface area (Å²) in [6.45, 7) is 0. The first-order valence-electron chi connectivity index (χ1n) is 19.8. The van der Waals surface area contributed by atoms with E-state index in [0.717, 1.165) is 55.4 Å². The smallest absolute Gasteiger partial charge is 0.164 e. The molecule has 0 aliphatic heterocycles. The molecule has 0 radical (unpaired) electrons. The molecule has 12 aromatic rings. The van der Waals surface area contributed by atoms with Gasteiger partial charge in [0, 0.05) is 58.6 Å². The molecule has 5 heteroatoms. The normalized spacial score (nSPS) is 11.7. The second-order valence-electron chi connectivity index (χ2n) is 15.0. The van der Waals surface area contributed by atoms with Crippen molar-refractivity contribution in [2.45, 2.75) is 0 Å². The molecule has 0 fully saturated rings. The van der Waals surface area contributed by atoms with Gasteiger partial charge in [0.05, 0.1) is 11.2 Å². The molecule has 3 heterocycles. The summed E-state index contributed by atoms with van der Waals surface area (Å²) in [6, 6.07) is 68.6. The van der Waals surface area contributed by atoms with Gasteiger partial charge in [0.15, 0.2) is 17.5 Å². The van der Waals surface area contributed by atoms with Gasteiger partial charge in [-0.05, 0) is 69.1 Å². The Morgan fingerprint density at radius 3 is 1.56 bits per heavy atom. The van der Waals surface area contributed by atoms with Gasteiger partial charge in [-0.2, -0.15) is 0 Å². The first-order chi connectivity index (χ1) is 29.2. The lowest BCUT2D eigenvalue weighted by Crippen LogP contribution is -2.00. The molecular formula is C54H32N4S. The predicted octanol–water partition coefficient (Wildman–Crippen LogP) is 14.6. The molecule has 0 spiro atoms. The second-order valence-corrected chi connectivity index (χ2v) is 16.1. The molecule has 0 N–H and O–H groups in total. The van der Waals surface area contributed by atoms with Crippen LogP contribution in [0.1, 0.15) is 0 Å². The average Bonchev–Trinajstić information content (AvgIpc) is 3.69. The highest BCUT2D eigenvalue weighted by Gasteiger charge is 2.18. The van der Waals surface area contributed by atoms with Crippen LogP contribution >= 0.6 is 11.3 Å². The number of hydrogen-bond donors (Lipinski definition) is 0. The van der Waals surface area contributed by atoms with Gasteiger partial charge in [0.1, 0.15) is 0 Å². The Hall–Kier alpha value is -7.60. The van der Waals surface area contributed by atoms with E-state index < -0.39 is 0 Å². The summed E-state index contributed by atoms with van der Waals surface area (Å²) in [5.41, 5.74) is 8.22. The minimum Gasteiger partial charge on any atom is -0.247 e. The van der Waals surface area contributed by atoms with Crippen LogP contribution in [0.5, 0.6) is 0 Å². The van der Waals surface area contributed by atoms with Crippen molar-refractivity contribution in [3.63, 3.8) is 0 Å². The quantitative estimate of drug-likeness (QED) is 0.164. The Labute approximate surface area is 343 Å². The van der Waals surface area contributed by atoms with E-state index in [0.29, 0.717) is 17.5 Å². The van der Waals surface area contributed by atoms with Crippen LogP contribution in [0, 0.1) is 0 Å². The molecule has 9 aromatic carbocycles.